The number of benzene rings is 1. The molecule has 2 saturated carbocycles. The van der Waals surface area contributed by atoms with Crippen molar-refractivity contribution in [1.29, 1.82) is 0 Å². The molecule has 1 aromatic rings. The van der Waals surface area contributed by atoms with E-state index in [2.05, 4.69) is 50.0 Å². The van der Waals surface area contributed by atoms with Crippen molar-refractivity contribution in [2.75, 3.05) is 7.11 Å². The molecule has 0 bridgehead atoms. The molecule has 0 aliphatic heterocycles. The first kappa shape index (κ1) is 15.3. The second-order valence-corrected chi connectivity index (χ2v) is 12.1. The third-order valence-electron chi connectivity index (χ3n) is 5.18. The fraction of sp³-hybridized carbons (Fsp3) is 0.667. The zero-order chi connectivity index (χ0) is 15.1. The first-order chi connectivity index (χ1) is 9.95. The van der Waals surface area contributed by atoms with Gasteiger partial charge in [-0.05, 0) is 38.0 Å². The first-order valence-electron chi connectivity index (χ1n) is 8.25. The van der Waals surface area contributed by atoms with Crippen LogP contribution >= 0.6 is 0 Å². The molecule has 1 spiro atoms. The number of hydrogen-bond donors (Lipinski definition) is 0. The van der Waals surface area contributed by atoms with Gasteiger partial charge in [0.05, 0.1) is 0 Å². The highest BCUT2D eigenvalue weighted by Crippen LogP contribution is 2.76. The highest BCUT2D eigenvalue weighted by atomic mass is 28.4. The van der Waals surface area contributed by atoms with E-state index in [1.54, 1.807) is 0 Å². The van der Waals surface area contributed by atoms with Gasteiger partial charge in [-0.25, -0.2) is 0 Å². The molecule has 21 heavy (non-hydrogen) atoms. The van der Waals surface area contributed by atoms with Gasteiger partial charge in [0.1, 0.15) is 0 Å². The van der Waals surface area contributed by atoms with Gasteiger partial charge >= 0.3 is 0 Å². The van der Waals surface area contributed by atoms with Crippen LogP contribution in [0.3, 0.4) is 0 Å². The van der Waals surface area contributed by atoms with Crippen LogP contribution < -0.4 is 0 Å². The van der Waals surface area contributed by atoms with Crippen LogP contribution in [-0.2, 0) is 9.16 Å². The molecule has 0 saturated heterocycles. The van der Waals surface area contributed by atoms with Gasteiger partial charge in [0, 0.05) is 18.4 Å². The first-order valence-corrected chi connectivity index (χ1v) is 11.7. The highest BCUT2D eigenvalue weighted by Gasteiger charge is 2.79. The van der Waals surface area contributed by atoms with E-state index in [4.69, 9.17) is 9.16 Å². The molecule has 116 valence electrons. The molecule has 2 unspecified atom stereocenters. The molecule has 0 radical (unpaired) electrons. The zero-order valence-electron chi connectivity index (χ0n) is 13.8. The second-order valence-electron chi connectivity index (χ2n) is 7.65. The van der Waals surface area contributed by atoms with Crippen molar-refractivity contribution in [2.45, 2.75) is 63.5 Å². The Balaban J connectivity index is 1.99. The van der Waals surface area contributed by atoms with E-state index in [1.807, 2.05) is 7.11 Å². The largest absolute Gasteiger partial charge is 0.390 e. The number of rotatable bonds is 4. The van der Waals surface area contributed by atoms with E-state index < -0.39 is 8.32 Å². The maximum Gasteiger partial charge on any atom is 0.187 e. The minimum Gasteiger partial charge on any atom is -0.390 e. The summed E-state index contributed by atoms with van der Waals surface area (Å²) in [5, 5.41) is 0. The number of ether oxygens (including phenoxy) is 1. The van der Waals surface area contributed by atoms with Gasteiger partial charge in [0.2, 0.25) is 0 Å². The average Bonchev–Trinajstić information content (AvgIpc) is 2.98. The van der Waals surface area contributed by atoms with Gasteiger partial charge in [0.15, 0.2) is 14.1 Å². The maximum atomic E-state index is 6.66. The fourth-order valence-corrected chi connectivity index (χ4v) is 5.83. The van der Waals surface area contributed by atoms with Crippen LogP contribution in [0.4, 0.5) is 0 Å². The predicted octanol–water partition coefficient (Wildman–Crippen LogP) is 4.93. The summed E-state index contributed by atoms with van der Waals surface area (Å²) in [6.45, 7) is 6.81. The summed E-state index contributed by atoms with van der Waals surface area (Å²) in [6, 6.07) is 10.9. The van der Waals surface area contributed by atoms with E-state index in [-0.39, 0.29) is 11.2 Å². The van der Waals surface area contributed by atoms with Gasteiger partial charge in [-0.15, -0.1) is 0 Å². The molecular weight excluding hydrogens is 276 g/mol. The van der Waals surface area contributed by atoms with Gasteiger partial charge < -0.3 is 9.16 Å². The summed E-state index contributed by atoms with van der Waals surface area (Å²) in [7, 11) is 0.186. The van der Waals surface area contributed by atoms with E-state index in [0.717, 1.165) is 0 Å². The van der Waals surface area contributed by atoms with E-state index in [1.165, 1.54) is 37.7 Å². The van der Waals surface area contributed by atoms with Crippen LogP contribution in [0.25, 0.3) is 0 Å². The third-order valence-corrected chi connectivity index (χ3v) is 6.10. The Morgan fingerprint density at radius 2 is 1.62 bits per heavy atom. The highest BCUT2D eigenvalue weighted by molar-refractivity contribution is 6.69. The minimum absolute atomic E-state index is 0.210. The Hall–Kier alpha value is -0.643. The Bertz CT molecular complexity index is 488. The van der Waals surface area contributed by atoms with Crippen molar-refractivity contribution in [3.63, 3.8) is 0 Å². The van der Waals surface area contributed by atoms with E-state index in [0.29, 0.717) is 5.92 Å². The standard InChI is InChI=1S/C18H28O2Si/c1-19-18(20-21(2,3)4)16(15-11-7-5-8-12-15)17(18)13-9-6-10-14-17/h5,7-8,11-12,16H,6,9-10,13-14H2,1-4H3. The fourth-order valence-electron chi connectivity index (χ4n) is 4.51. The summed E-state index contributed by atoms with van der Waals surface area (Å²) >= 11 is 0. The van der Waals surface area contributed by atoms with Gasteiger partial charge in [-0.2, -0.15) is 0 Å². The molecule has 0 N–H and O–H groups in total. The Labute approximate surface area is 130 Å². The number of hydrogen-bond acceptors (Lipinski definition) is 2. The van der Waals surface area contributed by atoms with Crippen molar-refractivity contribution in [1.82, 2.24) is 0 Å². The van der Waals surface area contributed by atoms with E-state index >= 15 is 0 Å². The quantitative estimate of drug-likeness (QED) is 0.580. The lowest BCUT2D eigenvalue weighted by molar-refractivity contribution is -0.125. The summed E-state index contributed by atoms with van der Waals surface area (Å²) in [5.41, 5.74) is 1.60. The molecule has 3 heteroatoms. The lowest BCUT2D eigenvalue weighted by atomic mass is 9.82. The molecule has 2 aliphatic carbocycles. The lowest BCUT2D eigenvalue weighted by Gasteiger charge is -2.32. The lowest BCUT2D eigenvalue weighted by Crippen LogP contribution is -2.39. The van der Waals surface area contributed by atoms with Crippen molar-refractivity contribution < 1.29 is 9.16 Å². The van der Waals surface area contributed by atoms with Crippen molar-refractivity contribution in [3.8, 4) is 0 Å². The molecule has 0 amide bonds. The van der Waals surface area contributed by atoms with Gasteiger partial charge in [-0.1, -0.05) is 49.6 Å². The van der Waals surface area contributed by atoms with Crippen molar-refractivity contribution >= 4 is 8.32 Å². The second kappa shape index (κ2) is 5.22. The SMILES string of the molecule is COC1(O[Si](C)(C)C)C(c2ccccc2)C12CCCCC2. The summed E-state index contributed by atoms with van der Waals surface area (Å²) in [4.78, 5) is 0. The maximum absolute atomic E-state index is 6.66. The Kier molecular flexibility index (Phi) is 3.79. The monoisotopic (exact) mass is 304 g/mol. The van der Waals surface area contributed by atoms with Crippen molar-refractivity contribution in [2.24, 2.45) is 5.41 Å². The minimum atomic E-state index is -1.66. The summed E-state index contributed by atoms with van der Waals surface area (Å²) < 4.78 is 12.8. The number of methoxy groups -OCH3 is 1. The van der Waals surface area contributed by atoms with Crippen LogP contribution in [0.15, 0.2) is 30.3 Å². The molecule has 2 aliphatic rings. The van der Waals surface area contributed by atoms with Crippen LogP contribution in [0.5, 0.6) is 0 Å². The zero-order valence-corrected chi connectivity index (χ0v) is 14.8. The van der Waals surface area contributed by atoms with Crippen molar-refractivity contribution in [3.05, 3.63) is 35.9 Å². The average molecular weight is 305 g/mol. The molecule has 0 aromatic heterocycles. The molecule has 2 atom stereocenters. The summed E-state index contributed by atoms with van der Waals surface area (Å²) in [5.74, 6) is 0.0300. The predicted molar refractivity (Wildman–Crippen MR) is 88.9 cm³/mol. The van der Waals surface area contributed by atoms with E-state index in [9.17, 15) is 0 Å². The van der Waals surface area contributed by atoms with Crippen LogP contribution in [0.1, 0.15) is 43.6 Å². The smallest absolute Gasteiger partial charge is 0.187 e. The van der Waals surface area contributed by atoms with Crippen LogP contribution in [-0.4, -0.2) is 21.2 Å². The van der Waals surface area contributed by atoms with Gasteiger partial charge in [0.25, 0.3) is 0 Å². The Morgan fingerprint density at radius 1 is 1.00 bits per heavy atom. The molecule has 0 heterocycles. The molecule has 2 fully saturated rings. The summed E-state index contributed by atoms with van der Waals surface area (Å²) in [6.07, 6.45) is 6.46. The van der Waals surface area contributed by atoms with Crippen LogP contribution in [0.2, 0.25) is 19.6 Å². The van der Waals surface area contributed by atoms with Crippen LogP contribution in [0, 0.1) is 5.41 Å². The molecule has 1 aromatic carbocycles. The topological polar surface area (TPSA) is 18.5 Å². The third kappa shape index (κ3) is 2.39. The molecule has 2 nitrogen and oxygen atoms in total. The van der Waals surface area contributed by atoms with Gasteiger partial charge in [-0.3, -0.25) is 0 Å². The molecular formula is C18H28O2Si. The molecule has 3 rings (SSSR count). The Morgan fingerprint density at radius 3 is 2.14 bits per heavy atom. The normalized spacial score (nSPS) is 31.3.